The molecule has 3 heteroatoms. The maximum Gasteiger partial charge on any atom is 0.211 e. The molecule has 2 aromatic rings. The molecule has 0 N–H and O–H groups in total. The largest absolute Gasteiger partial charge is 0.295 e. The number of hydrogen-bond donors (Lipinski definition) is 0. The highest BCUT2D eigenvalue weighted by molar-refractivity contribution is 5.92. The zero-order valence-electron chi connectivity index (χ0n) is 10.4. The van der Waals surface area contributed by atoms with Crippen LogP contribution in [0, 0.1) is 0 Å². The monoisotopic (exact) mass is 254 g/mol. The van der Waals surface area contributed by atoms with E-state index >= 15 is 0 Å². The van der Waals surface area contributed by atoms with E-state index in [1.54, 1.807) is 0 Å². The Kier molecular flexibility index (Phi) is 3.15. The molecular formula is C16H14O3. The third kappa shape index (κ3) is 1.97. The van der Waals surface area contributed by atoms with Crippen molar-refractivity contribution in [2.75, 3.05) is 6.61 Å². The minimum Gasteiger partial charge on any atom is -0.295 e. The lowest BCUT2D eigenvalue weighted by molar-refractivity contribution is -0.357. The summed E-state index contributed by atoms with van der Waals surface area (Å²) in [5.41, 5.74) is 0.456. The Morgan fingerprint density at radius 3 is 1.84 bits per heavy atom. The second kappa shape index (κ2) is 4.96. The second-order valence-electron chi connectivity index (χ2n) is 4.49. The number of Topliss-reactive ketones (excluding diaryl/α,β-unsaturated/α-hetero) is 1. The van der Waals surface area contributed by atoms with Crippen LogP contribution in [0.3, 0.4) is 0 Å². The summed E-state index contributed by atoms with van der Waals surface area (Å²) >= 11 is 0. The van der Waals surface area contributed by atoms with Gasteiger partial charge in [-0.1, -0.05) is 60.7 Å². The van der Waals surface area contributed by atoms with Gasteiger partial charge in [-0.15, -0.1) is 0 Å². The standard InChI is InChI=1S/C16H14O3/c17-15-11-12-18-19-16(15,13-7-3-1-4-8-13)14-9-5-2-6-10-14/h1-10H,11-12H2. The average molecular weight is 254 g/mol. The molecule has 3 nitrogen and oxygen atoms in total. The van der Waals surface area contributed by atoms with Gasteiger partial charge < -0.3 is 0 Å². The summed E-state index contributed by atoms with van der Waals surface area (Å²) in [6.07, 6.45) is 0.351. The summed E-state index contributed by atoms with van der Waals surface area (Å²) in [6.45, 7) is 0.306. The van der Waals surface area contributed by atoms with E-state index in [9.17, 15) is 4.79 Å². The molecule has 1 aliphatic rings. The highest BCUT2D eigenvalue weighted by atomic mass is 17.2. The van der Waals surface area contributed by atoms with E-state index in [1.807, 2.05) is 60.7 Å². The van der Waals surface area contributed by atoms with Crippen molar-refractivity contribution in [2.45, 2.75) is 12.0 Å². The van der Waals surface area contributed by atoms with Gasteiger partial charge >= 0.3 is 0 Å². The van der Waals surface area contributed by atoms with Crippen molar-refractivity contribution >= 4 is 5.78 Å². The van der Waals surface area contributed by atoms with E-state index < -0.39 is 5.60 Å². The van der Waals surface area contributed by atoms with Crippen molar-refractivity contribution in [3.05, 3.63) is 71.8 Å². The van der Waals surface area contributed by atoms with Gasteiger partial charge in [0, 0.05) is 6.42 Å². The van der Waals surface area contributed by atoms with Crippen molar-refractivity contribution in [3.63, 3.8) is 0 Å². The first kappa shape index (κ1) is 12.1. The van der Waals surface area contributed by atoms with Gasteiger partial charge in [0.25, 0.3) is 0 Å². The van der Waals surface area contributed by atoms with Crippen LogP contribution < -0.4 is 0 Å². The minimum atomic E-state index is -1.14. The molecule has 0 spiro atoms. The van der Waals surface area contributed by atoms with Gasteiger partial charge in [-0.3, -0.25) is 4.79 Å². The number of rotatable bonds is 2. The molecule has 0 aliphatic carbocycles. The molecule has 1 heterocycles. The average Bonchev–Trinajstić information content (AvgIpc) is 2.50. The minimum absolute atomic E-state index is 0.0242. The molecule has 0 aromatic heterocycles. The van der Waals surface area contributed by atoms with Crippen LogP contribution in [0.1, 0.15) is 17.5 Å². The summed E-state index contributed by atoms with van der Waals surface area (Å²) in [7, 11) is 0. The lowest BCUT2D eigenvalue weighted by Crippen LogP contribution is -2.44. The first-order valence-electron chi connectivity index (χ1n) is 6.29. The van der Waals surface area contributed by atoms with E-state index in [0.29, 0.717) is 13.0 Å². The van der Waals surface area contributed by atoms with Crippen LogP contribution in [-0.4, -0.2) is 12.4 Å². The molecule has 0 atom stereocenters. The van der Waals surface area contributed by atoms with Gasteiger partial charge in [0.1, 0.15) is 0 Å². The van der Waals surface area contributed by atoms with Gasteiger partial charge in [-0.25, -0.2) is 9.78 Å². The van der Waals surface area contributed by atoms with Crippen molar-refractivity contribution in [3.8, 4) is 0 Å². The highest BCUT2D eigenvalue weighted by Crippen LogP contribution is 2.38. The van der Waals surface area contributed by atoms with Gasteiger partial charge in [-0.05, 0) is 11.1 Å². The number of carbonyl (C=O) groups is 1. The molecule has 3 rings (SSSR count). The normalized spacial score (nSPS) is 18.2. The molecule has 2 aromatic carbocycles. The van der Waals surface area contributed by atoms with Crippen LogP contribution in [0.4, 0.5) is 0 Å². The fraction of sp³-hybridized carbons (Fsp3) is 0.188. The quantitative estimate of drug-likeness (QED) is 0.773. The van der Waals surface area contributed by atoms with Crippen LogP contribution in [0.2, 0.25) is 0 Å². The van der Waals surface area contributed by atoms with Crippen LogP contribution in [0.5, 0.6) is 0 Å². The highest BCUT2D eigenvalue weighted by Gasteiger charge is 2.46. The van der Waals surface area contributed by atoms with Gasteiger partial charge in [0.15, 0.2) is 5.78 Å². The third-order valence-corrected chi connectivity index (χ3v) is 3.35. The Hall–Kier alpha value is -1.97. The van der Waals surface area contributed by atoms with Gasteiger partial charge in [0.05, 0.1) is 6.61 Å². The molecule has 1 fully saturated rings. The maximum atomic E-state index is 12.5. The Morgan fingerprint density at radius 1 is 0.842 bits per heavy atom. The zero-order valence-corrected chi connectivity index (χ0v) is 10.4. The number of hydrogen-bond acceptors (Lipinski definition) is 3. The predicted octanol–water partition coefficient (Wildman–Crippen LogP) is 2.85. The van der Waals surface area contributed by atoms with Crippen molar-refractivity contribution in [2.24, 2.45) is 0 Å². The summed E-state index contributed by atoms with van der Waals surface area (Å²) in [6, 6.07) is 19.0. The smallest absolute Gasteiger partial charge is 0.211 e. The molecule has 19 heavy (non-hydrogen) atoms. The van der Waals surface area contributed by atoms with E-state index in [1.165, 1.54) is 0 Å². The van der Waals surface area contributed by atoms with E-state index in [-0.39, 0.29) is 5.78 Å². The van der Waals surface area contributed by atoms with E-state index in [4.69, 9.17) is 9.78 Å². The Morgan fingerprint density at radius 2 is 1.37 bits per heavy atom. The topological polar surface area (TPSA) is 35.5 Å². The number of benzene rings is 2. The van der Waals surface area contributed by atoms with Gasteiger partial charge in [-0.2, -0.15) is 0 Å². The lowest BCUT2D eigenvalue weighted by Gasteiger charge is -2.34. The number of ketones is 1. The maximum absolute atomic E-state index is 12.5. The molecule has 1 saturated heterocycles. The van der Waals surface area contributed by atoms with Crippen LogP contribution in [0.15, 0.2) is 60.7 Å². The molecular weight excluding hydrogens is 240 g/mol. The summed E-state index contributed by atoms with van der Waals surface area (Å²) in [5.74, 6) is 0.0242. The van der Waals surface area contributed by atoms with E-state index in [2.05, 4.69) is 0 Å². The van der Waals surface area contributed by atoms with Crippen LogP contribution >= 0.6 is 0 Å². The van der Waals surface area contributed by atoms with Crippen molar-refractivity contribution in [1.29, 1.82) is 0 Å². The van der Waals surface area contributed by atoms with Crippen molar-refractivity contribution in [1.82, 2.24) is 0 Å². The Labute approximate surface area is 111 Å². The molecule has 0 radical (unpaired) electrons. The first-order valence-corrected chi connectivity index (χ1v) is 6.29. The van der Waals surface area contributed by atoms with Crippen LogP contribution in [0.25, 0.3) is 0 Å². The Bertz CT molecular complexity index is 524. The predicted molar refractivity (Wildman–Crippen MR) is 70.3 cm³/mol. The molecule has 0 bridgehead atoms. The summed E-state index contributed by atoms with van der Waals surface area (Å²) in [5, 5.41) is 0. The molecule has 0 unspecified atom stereocenters. The Balaban J connectivity index is 2.19. The lowest BCUT2D eigenvalue weighted by atomic mass is 9.81. The van der Waals surface area contributed by atoms with Crippen molar-refractivity contribution < 1.29 is 14.6 Å². The molecule has 1 aliphatic heterocycles. The number of carbonyl (C=O) groups excluding carboxylic acids is 1. The van der Waals surface area contributed by atoms with E-state index in [0.717, 1.165) is 11.1 Å². The molecule has 0 amide bonds. The second-order valence-corrected chi connectivity index (χ2v) is 4.49. The summed E-state index contributed by atoms with van der Waals surface area (Å²) < 4.78 is 0. The van der Waals surface area contributed by atoms with Crippen LogP contribution in [-0.2, 0) is 20.2 Å². The SMILES string of the molecule is O=C1CCOOC1(c1ccccc1)c1ccccc1. The fourth-order valence-electron chi connectivity index (χ4n) is 2.42. The molecule has 0 saturated carbocycles. The zero-order chi connectivity index (χ0) is 13.1. The third-order valence-electron chi connectivity index (χ3n) is 3.35. The first-order chi connectivity index (χ1) is 9.34. The molecule has 96 valence electrons. The summed E-state index contributed by atoms with van der Waals surface area (Å²) in [4.78, 5) is 23.2. The van der Waals surface area contributed by atoms with Gasteiger partial charge in [0.2, 0.25) is 5.60 Å². The fourth-order valence-corrected chi connectivity index (χ4v) is 2.42.